The van der Waals surface area contributed by atoms with Gasteiger partial charge in [0.05, 0.1) is 29.7 Å². The Morgan fingerprint density at radius 1 is 1.35 bits per heavy atom. The summed E-state index contributed by atoms with van der Waals surface area (Å²) in [7, 11) is 5.22. The van der Waals surface area contributed by atoms with Gasteiger partial charge in [0.2, 0.25) is 0 Å². The molecule has 1 atom stereocenters. The lowest BCUT2D eigenvalue weighted by Crippen LogP contribution is -2.29. The lowest BCUT2D eigenvalue weighted by atomic mass is 10.0. The highest BCUT2D eigenvalue weighted by molar-refractivity contribution is 6.00. The zero-order chi connectivity index (χ0) is 22.3. The van der Waals surface area contributed by atoms with Crippen LogP contribution < -0.4 is 10.5 Å². The van der Waals surface area contributed by atoms with E-state index < -0.39 is 11.9 Å². The zero-order valence-electron chi connectivity index (χ0n) is 17.6. The standard InChI is InChI=1S/C21H21FN8O/c1-11-14-7-12(22)5-6-13(14)20(25-2)29(3)10-16-18(17(8-23)30(4)28-16)15-9-26-19(24)21(27-15)31-11/h5-7,9,11H,10H2,1-4H3,(H2,24,26)/b25-20-/t11-/m1/s1. The number of aliphatic imine (C=N–C) groups is 1. The summed E-state index contributed by atoms with van der Waals surface area (Å²) >= 11 is 0. The Hall–Kier alpha value is -4.00. The van der Waals surface area contributed by atoms with Crippen LogP contribution in [0.3, 0.4) is 0 Å². The van der Waals surface area contributed by atoms with E-state index in [9.17, 15) is 9.65 Å². The molecule has 9 nitrogen and oxygen atoms in total. The summed E-state index contributed by atoms with van der Waals surface area (Å²) in [4.78, 5) is 15.1. The van der Waals surface area contributed by atoms with Crippen molar-refractivity contribution in [2.24, 2.45) is 12.0 Å². The number of hydrogen-bond donors (Lipinski definition) is 1. The van der Waals surface area contributed by atoms with Gasteiger partial charge in [-0.3, -0.25) is 9.67 Å². The van der Waals surface area contributed by atoms with E-state index >= 15 is 0 Å². The maximum Gasteiger partial charge on any atom is 0.258 e. The number of anilines is 1. The molecule has 0 aliphatic carbocycles. The van der Waals surface area contributed by atoms with Gasteiger partial charge in [0.15, 0.2) is 5.82 Å². The highest BCUT2D eigenvalue weighted by Gasteiger charge is 2.26. The molecule has 2 aromatic heterocycles. The van der Waals surface area contributed by atoms with Crippen LogP contribution in [0.4, 0.5) is 10.2 Å². The highest BCUT2D eigenvalue weighted by Crippen LogP contribution is 2.33. The molecule has 3 aromatic rings. The van der Waals surface area contributed by atoms with E-state index in [4.69, 9.17) is 10.5 Å². The molecule has 10 heteroatoms. The number of nitriles is 1. The molecule has 0 unspecified atom stereocenters. The minimum atomic E-state index is -0.592. The summed E-state index contributed by atoms with van der Waals surface area (Å²) in [6.07, 6.45) is 0.897. The van der Waals surface area contributed by atoms with Crippen molar-refractivity contribution in [1.82, 2.24) is 24.6 Å². The Labute approximate surface area is 178 Å². The van der Waals surface area contributed by atoms with E-state index in [0.29, 0.717) is 46.2 Å². The Morgan fingerprint density at radius 3 is 2.84 bits per heavy atom. The molecule has 1 aliphatic rings. The molecule has 0 saturated carbocycles. The summed E-state index contributed by atoms with van der Waals surface area (Å²) in [6.45, 7) is 2.12. The Morgan fingerprint density at radius 2 is 2.13 bits per heavy atom. The van der Waals surface area contributed by atoms with Gasteiger partial charge in [0.1, 0.15) is 29.5 Å². The van der Waals surface area contributed by atoms with Gasteiger partial charge in [-0.1, -0.05) is 0 Å². The number of aryl methyl sites for hydroxylation is 1. The van der Waals surface area contributed by atoms with Crippen molar-refractivity contribution in [2.45, 2.75) is 19.6 Å². The second kappa shape index (κ2) is 7.68. The first-order chi connectivity index (χ1) is 14.8. The topological polar surface area (TPSA) is 118 Å². The molecular weight excluding hydrogens is 399 g/mol. The van der Waals surface area contributed by atoms with Crippen molar-refractivity contribution in [3.63, 3.8) is 0 Å². The Bertz CT molecular complexity index is 1240. The van der Waals surface area contributed by atoms with E-state index in [1.807, 2.05) is 11.9 Å². The van der Waals surface area contributed by atoms with Crippen LogP contribution >= 0.6 is 0 Å². The fourth-order valence-corrected chi connectivity index (χ4v) is 3.78. The molecule has 0 spiro atoms. The summed E-state index contributed by atoms with van der Waals surface area (Å²) in [6, 6.07) is 6.64. The molecule has 3 heterocycles. The number of benzene rings is 1. The lowest BCUT2D eigenvalue weighted by molar-refractivity contribution is 0.217. The monoisotopic (exact) mass is 420 g/mol. The Balaban J connectivity index is 2.01. The van der Waals surface area contributed by atoms with Gasteiger partial charge in [0, 0.05) is 32.3 Å². The minimum absolute atomic E-state index is 0.0936. The summed E-state index contributed by atoms with van der Waals surface area (Å²) in [5.74, 6) is 0.431. The SMILES string of the molecule is C/N=C1/c2ccc(F)cc2[C@@H](C)Oc2nc(cnc2N)-c2c(nn(C)c2C#N)CN1C. The van der Waals surface area contributed by atoms with Crippen LogP contribution in [0, 0.1) is 17.1 Å². The third kappa shape index (κ3) is 3.44. The summed E-state index contributed by atoms with van der Waals surface area (Å²) < 4.78 is 21.6. The Kier molecular flexibility index (Phi) is 5.02. The van der Waals surface area contributed by atoms with Crippen LogP contribution in [0.15, 0.2) is 29.4 Å². The number of halogens is 1. The lowest BCUT2D eigenvalue weighted by Gasteiger charge is -2.26. The number of nitrogens with two attached hydrogens (primary N) is 1. The molecule has 0 saturated heterocycles. The van der Waals surface area contributed by atoms with Gasteiger partial charge in [-0.2, -0.15) is 10.4 Å². The normalized spacial score (nSPS) is 17.1. The first-order valence-corrected chi connectivity index (χ1v) is 9.57. The van der Waals surface area contributed by atoms with Gasteiger partial charge in [-0.25, -0.2) is 14.4 Å². The molecule has 1 aromatic carbocycles. The molecule has 2 N–H and O–H groups in total. The number of aromatic nitrogens is 4. The third-order valence-electron chi connectivity index (χ3n) is 5.19. The molecule has 0 radical (unpaired) electrons. The zero-order valence-corrected chi connectivity index (χ0v) is 17.6. The van der Waals surface area contributed by atoms with Crippen LogP contribution in [-0.4, -0.2) is 44.6 Å². The van der Waals surface area contributed by atoms with E-state index in [0.717, 1.165) is 0 Å². The average Bonchev–Trinajstić information content (AvgIpc) is 3.05. The second-order valence-corrected chi connectivity index (χ2v) is 7.25. The number of rotatable bonds is 0. The molecule has 31 heavy (non-hydrogen) atoms. The molecule has 0 fully saturated rings. The van der Waals surface area contributed by atoms with Crippen molar-refractivity contribution < 1.29 is 9.13 Å². The van der Waals surface area contributed by atoms with Gasteiger partial charge < -0.3 is 15.4 Å². The van der Waals surface area contributed by atoms with Crippen LogP contribution in [0.1, 0.15) is 35.5 Å². The number of hydrogen-bond acceptors (Lipinski definition) is 7. The maximum absolute atomic E-state index is 14.1. The predicted molar refractivity (Wildman–Crippen MR) is 113 cm³/mol. The van der Waals surface area contributed by atoms with Gasteiger partial charge >= 0.3 is 0 Å². The van der Waals surface area contributed by atoms with Crippen molar-refractivity contribution in [3.05, 3.63) is 52.7 Å². The average molecular weight is 420 g/mol. The van der Waals surface area contributed by atoms with E-state index in [-0.39, 0.29) is 11.7 Å². The van der Waals surface area contributed by atoms with Crippen molar-refractivity contribution in [3.8, 4) is 23.2 Å². The molecule has 2 bridgehead atoms. The van der Waals surface area contributed by atoms with Crippen LogP contribution in [0.25, 0.3) is 11.3 Å². The quantitative estimate of drug-likeness (QED) is 0.593. The summed E-state index contributed by atoms with van der Waals surface area (Å²) in [5, 5.41) is 14.2. The first kappa shape index (κ1) is 20.3. The summed E-state index contributed by atoms with van der Waals surface area (Å²) in [5.41, 5.74) is 9.24. The molecule has 4 rings (SSSR count). The van der Waals surface area contributed by atoms with Gasteiger partial charge in [-0.05, 0) is 25.1 Å². The third-order valence-corrected chi connectivity index (χ3v) is 5.19. The number of fused-ring (bicyclic) bond motifs is 5. The number of amidine groups is 1. The largest absolute Gasteiger partial charge is 0.467 e. The number of nitrogens with zero attached hydrogens (tertiary/aromatic N) is 7. The van der Waals surface area contributed by atoms with E-state index in [1.54, 1.807) is 27.1 Å². The number of ether oxygens (including phenoxy) is 1. The minimum Gasteiger partial charge on any atom is -0.467 e. The van der Waals surface area contributed by atoms with Crippen molar-refractivity contribution in [1.29, 1.82) is 5.26 Å². The molecule has 158 valence electrons. The predicted octanol–water partition coefficient (Wildman–Crippen LogP) is 2.43. The molecule has 0 amide bonds. The first-order valence-electron chi connectivity index (χ1n) is 9.57. The maximum atomic E-state index is 14.1. The van der Waals surface area contributed by atoms with E-state index in [1.165, 1.54) is 23.0 Å². The van der Waals surface area contributed by atoms with Gasteiger partial charge in [-0.15, -0.1) is 0 Å². The highest BCUT2D eigenvalue weighted by atomic mass is 19.1. The fraction of sp³-hybridized carbons (Fsp3) is 0.286. The van der Waals surface area contributed by atoms with Crippen LogP contribution in [-0.2, 0) is 13.6 Å². The van der Waals surface area contributed by atoms with Crippen LogP contribution in [0.5, 0.6) is 5.88 Å². The molecule has 1 aliphatic heterocycles. The smallest absolute Gasteiger partial charge is 0.258 e. The fourth-order valence-electron chi connectivity index (χ4n) is 3.78. The van der Waals surface area contributed by atoms with Crippen molar-refractivity contribution >= 4 is 11.7 Å². The number of nitrogen functional groups attached to an aromatic ring is 1. The van der Waals surface area contributed by atoms with Crippen LogP contribution in [0.2, 0.25) is 0 Å². The van der Waals surface area contributed by atoms with E-state index in [2.05, 4.69) is 26.1 Å². The molecular formula is C21H21FN8O. The second-order valence-electron chi connectivity index (χ2n) is 7.25. The van der Waals surface area contributed by atoms with Crippen molar-refractivity contribution in [2.75, 3.05) is 19.8 Å². The van der Waals surface area contributed by atoms with Gasteiger partial charge in [0.25, 0.3) is 5.88 Å².